The molecule has 9 heteroatoms. The molecule has 0 bridgehead atoms. The number of nitrogens with one attached hydrogen (secondary N) is 2. The average Bonchev–Trinajstić information content (AvgIpc) is 3.01. The second-order valence-corrected chi connectivity index (χ2v) is 6.55. The topological polar surface area (TPSA) is 97.2 Å². The van der Waals surface area contributed by atoms with Crippen molar-refractivity contribution in [2.75, 3.05) is 5.32 Å². The van der Waals surface area contributed by atoms with Crippen LogP contribution in [0.3, 0.4) is 0 Å². The summed E-state index contributed by atoms with van der Waals surface area (Å²) < 4.78 is 0.653. The molecule has 0 spiro atoms. The lowest BCUT2D eigenvalue weighted by Gasteiger charge is -2.04. The van der Waals surface area contributed by atoms with Crippen LogP contribution in [0.25, 0.3) is 16.3 Å². The summed E-state index contributed by atoms with van der Waals surface area (Å²) in [6.07, 6.45) is 3.06. The van der Waals surface area contributed by atoms with Gasteiger partial charge in [-0.1, -0.05) is 41.7 Å². The van der Waals surface area contributed by atoms with Gasteiger partial charge in [0.25, 0.3) is 5.69 Å². The fourth-order valence-corrected chi connectivity index (χ4v) is 3.26. The molecule has 0 saturated heterocycles. The number of aromatic nitrogens is 1. The van der Waals surface area contributed by atoms with E-state index in [4.69, 9.17) is 12.2 Å². The number of fused-ring (bicyclic) bond motifs is 1. The summed E-state index contributed by atoms with van der Waals surface area (Å²) in [4.78, 5) is 26.5. The zero-order chi connectivity index (χ0) is 18.5. The number of carbonyl (C=O) groups is 1. The molecule has 7 nitrogen and oxygen atoms in total. The van der Waals surface area contributed by atoms with Crippen LogP contribution in [-0.4, -0.2) is 20.9 Å². The number of benzene rings is 2. The number of rotatable bonds is 4. The first-order valence-electron chi connectivity index (χ1n) is 7.41. The van der Waals surface area contributed by atoms with Gasteiger partial charge in [0.1, 0.15) is 0 Å². The summed E-state index contributed by atoms with van der Waals surface area (Å²) in [6.45, 7) is 0. The average molecular weight is 384 g/mol. The maximum Gasteiger partial charge on any atom is 0.270 e. The Labute approximate surface area is 157 Å². The van der Waals surface area contributed by atoms with E-state index in [0.29, 0.717) is 15.3 Å². The second-order valence-electron chi connectivity index (χ2n) is 5.12. The first kappa shape index (κ1) is 17.6. The van der Waals surface area contributed by atoms with Crippen LogP contribution >= 0.6 is 23.6 Å². The third-order valence-corrected chi connectivity index (χ3v) is 4.40. The van der Waals surface area contributed by atoms with Crippen LogP contribution < -0.4 is 10.6 Å². The van der Waals surface area contributed by atoms with E-state index in [1.165, 1.54) is 29.5 Å². The first-order valence-corrected chi connectivity index (χ1v) is 8.64. The summed E-state index contributed by atoms with van der Waals surface area (Å²) in [5.74, 6) is -0.372. The number of thiocarbonyl (C=S) groups is 1. The van der Waals surface area contributed by atoms with Crippen molar-refractivity contribution in [1.29, 1.82) is 0 Å². The minimum atomic E-state index is -0.462. The minimum Gasteiger partial charge on any atom is -0.308 e. The van der Waals surface area contributed by atoms with E-state index in [9.17, 15) is 14.9 Å². The molecule has 0 radical (unpaired) electrons. The molecule has 0 fully saturated rings. The molecule has 2 N–H and O–H groups in total. The minimum absolute atomic E-state index is 0.00497. The van der Waals surface area contributed by atoms with Crippen LogP contribution in [0, 0.1) is 10.1 Å². The molecule has 0 aliphatic heterocycles. The Balaban J connectivity index is 1.62. The normalized spacial score (nSPS) is 10.8. The highest BCUT2D eigenvalue weighted by atomic mass is 32.1. The van der Waals surface area contributed by atoms with Gasteiger partial charge in [-0.15, -0.1) is 0 Å². The van der Waals surface area contributed by atoms with Crippen LogP contribution in [0.5, 0.6) is 0 Å². The molecule has 3 aromatic rings. The molecule has 1 heterocycles. The van der Waals surface area contributed by atoms with Crippen molar-refractivity contribution in [1.82, 2.24) is 10.3 Å². The van der Waals surface area contributed by atoms with E-state index >= 15 is 0 Å². The van der Waals surface area contributed by atoms with Gasteiger partial charge in [-0.25, -0.2) is 4.98 Å². The SMILES string of the molecule is O=C(/C=C/c1ccccc1)NC(=S)Nc1nc2ccc([N+](=O)[O-])cc2s1. The number of non-ortho nitro benzene ring substituents is 1. The smallest absolute Gasteiger partial charge is 0.270 e. The third-order valence-electron chi connectivity index (χ3n) is 3.27. The first-order chi connectivity index (χ1) is 12.5. The van der Waals surface area contributed by atoms with Crippen LogP contribution in [0.15, 0.2) is 54.6 Å². The van der Waals surface area contributed by atoms with Crippen molar-refractivity contribution < 1.29 is 9.72 Å². The van der Waals surface area contributed by atoms with Crippen molar-refractivity contribution in [3.63, 3.8) is 0 Å². The molecule has 26 heavy (non-hydrogen) atoms. The van der Waals surface area contributed by atoms with Gasteiger partial charge >= 0.3 is 0 Å². The number of nitrogens with zero attached hydrogens (tertiary/aromatic N) is 2. The Morgan fingerprint density at radius 1 is 1.23 bits per heavy atom. The Morgan fingerprint density at radius 3 is 2.73 bits per heavy atom. The van der Waals surface area contributed by atoms with Gasteiger partial charge in [-0.2, -0.15) is 0 Å². The van der Waals surface area contributed by atoms with E-state index in [0.717, 1.165) is 5.56 Å². The number of anilines is 1. The lowest BCUT2D eigenvalue weighted by Crippen LogP contribution is -2.32. The molecule has 1 aromatic heterocycles. The molecule has 0 aliphatic rings. The molecule has 3 rings (SSSR count). The number of hydrogen-bond donors (Lipinski definition) is 2. The maximum absolute atomic E-state index is 11.9. The van der Waals surface area contributed by atoms with Gasteiger partial charge in [0, 0.05) is 18.2 Å². The van der Waals surface area contributed by atoms with E-state index in [-0.39, 0.29) is 16.7 Å². The van der Waals surface area contributed by atoms with Crippen molar-refractivity contribution >= 4 is 61.7 Å². The second kappa shape index (κ2) is 7.81. The molecular formula is C17H12N4O3S2. The zero-order valence-corrected chi connectivity index (χ0v) is 14.8. The van der Waals surface area contributed by atoms with Crippen LogP contribution in [0.4, 0.5) is 10.8 Å². The number of hydrogen-bond acceptors (Lipinski definition) is 6. The predicted molar refractivity (Wildman–Crippen MR) is 106 cm³/mol. The van der Waals surface area contributed by atoms with Gasteiger partial charge in [0.2, 0.25) is 5.91 Å². The van der Waals surface area contributed by atoms with Gasteiger partial charge in [0.05, 0.1) is 15.1 Å². The van der Waals surface area contributed by atoms with E-state index < -0.39 is 4.92 Å². The fourth-order valence-electron chi connectivity index (χ4n) is 2.10. The summed E-state index contributed by atoms with van der Waals surface area (Å²) in [6, 6.07) is 13.8. The van der Waals surface area contributed by atoms with Gasteiger partial charge in [0.15, 0.2) is 10.2 Å². The number of amides is 1. The lowest BCUT2D eigenvalue weighted by atomic mass is 10.2. The van der Waals surface area contributed by atoms with Crippen molar-refractivity contribution in [2.45, 2.75) is 0 Å². The van der Waals surface area contributed by atoms with E-state index in [1.54, 1.807) is 12.1 Å². The van der Waals surface area contributed by atoms with Crippen LogP contribution in [0.2, 0.25) is 0 Å². The molecule has 0 aliphatic carbocycles. The zero-order valence-electron chi connectivity index (χ0n) is 13.2. The summed E-state index contributed by atoms with van der Waals surface area (Å²) in [7, 11) is 0. The van der Waals surface area contributed by atoms with Crippen molar-refractivity contribution in [2.24, 2.45) is 0 Å². The molecule has 130 valence electrons. The van der Waals surface area contributed by atoms with Crippen molar-refractivity contribution in [3.05, 3.63) is 70.3 Å². The monoisotopic (exact) mass is 384 g/mol. The highest BCUT2D eigenvalue weighted by molar-refractivity contribution is 7.80. The molecular weight excluding hydrogens is 372 g/mol. The third kappa shape index (κ3) is 4.47. The Hall–Kier alpha value is -3.17. The summed E-state index contributed by atoms with van der Waals surface area (Å²) >= 11 is 6.31. The standard InChI is InChI=1S/C17H12N4O3S2/c22-15(9-6-11-4-2-1-3-5-11)19-16(25)20-17-18-13-8-7-12(21(23)24)10-14(13)26-17/h1-10H,(H2,18,19,20,22,25)/b9-6+. The molecule has 1 amide bonds. The summed E-state index contributed by atoms with van der Waals surface area (Å²) in [5.41, 5.74) is 1.50. The largest absolute Gasteiger partial charge is 0.308 e. The van der Waals surface area contributed by atoms with Crippen molar-refractivity contribution in [3.8, 4) is 0 Å². The highest BCUT2D eigenvalue weighted by Crippen LogP contribution is 2.29. The number of carbonyl (C=O) groups excluding carboxylic acids is 1. The number of thiazole rings is 1. The quantitative estimate of drug-likeness (QED) is 0.308. The number of nitro benzene ring substituents is 1. The van der Waals surface area contributed by atoms with Gasteiger partial charge in [-0.3, -0.25) is 20.2 Å². The van der Waals surface area contributed by atoms with E-state index in [2.05, 4.69) is 15.6 Å². The summed E-state index contributed by atoms with van der Waals surface area (Å²) in [5, 5.41) is 16.7. The maximum atomic E-state index is 11.9. The molecule has 0 saturated carbocycles. The lowest BCUT2D eigenvalue weighted by molar-refractivity contribution is -0.384. The molecule has 0 unspecified atom stereocenters. The number of nitro groups is 1. The van der Waals surface area contributed by atoms with Crippen LogP contribution in [-0.2, 0) is 4.79 Å². The van der Waals surface area contributed by atoms with Crippen LogP contribution in [0.1, 0.15) is 5.56 Å². The Kier molecular flexibility index (Phi) is 5.30. The molecule has 2 aromatic carbocycles. The van der Waals surface area contributed by atoms with Gasteiger partial charge in [-0.05, 0) is 29.9 Å². The predicted octanol–water partition coefficient (Wildman–Crippen LogP) is 3.73. The molecule has 0 atom stereocenters. The van der Waals surface area contributed by atoms with E-state index in [1.807, 2.05) is 30.3 Å². The fraction of sp³-hybridized carbons (Fsp3) is 0. The Morgan fingerprint density at radius 2 is 2.00 bits per heavy atom. The Bertz CT molecular complexity index is 1020. The highest BCUT2D eigenvalue weighted by Gasteiger charge is 2.11. The van der Waals surface area contributed by atoms with Gasteiger partial charge < -0.3 is 5.32 Å².